The highest BCUT2D eigenvalue weighted by Crippen LogP contribution is 2.21. The number of anilines is 1. The number of carbonyl (C=O) groups excluding carboxylic acids is 2. The van der Waals surface area contributed by atoms with Crippen molar-refractivity contribution in [2.45, 2.75) is 38.5 Å². The van der Waals surface area contributed by atoms with Crippen LogP contribution in [0.25, 0.3) is 0 Å². The van der Waals surface area contributed by atoms with E-state index in [9.17, 15) is 14.0 Å². The molecule has 2 amide bonds. The molecule has 0 spiro atoms. The first-order chi connectivity index (χ1) is 14.9. The van der Waals surface area contributed by atoms with Gasteiger partial charge in [0, 0.05) is 17.8 Å². The first kappa shape index (κ1) is 22.5. The number of rotatable bonds is 8. The molecule has 31 heavy (non-hydrogen) atoms. The Balaban J connectivity index is 1.61. The van der Waals surface area contributed by atoms with Gasteiger partial charge in [-0.2, -0.15) is 0 Å². The SMILES string of the molecule is CCn1c(SCC(=O)Nc2ccc(F)cc2)nnc1C(C)NC(=O)c1ccc(C)cc1. The third kappa shape index (κ3) is 5.91. The van der Waals surface area contributed by atoms with Gasteiger partial charge in [0.25, 0.3) is 5.91 Å². The van der Waals surface area contributed by atoms with Crippen molar-refractivity contribution in [2.24, 2.45) is 0 Å². The number of hydrogen-bond donors (Lipinski definition) is 2. The average molecular weight is 442 g/mol. The molecule has 3 rings (SSSR count). The van der Waals surface area contributed by atoms with Crippen LogP contribution < -0.4 is 10.6 Å². The Morgan fingerprint density at radius 3 is 2.42 bits per heavy atom. The fourth-order valence-electron chi connectivity index (χ4n) is 2.93. The van der Waals surface area contributed by atoms with Crippen molar-refractivity contribution in [1.29, 1.82) is 0 Å². The summed E-state index contributed by atoms with van der Waals surface area (Å²) >= 11 is 1.25. The van der Waals surface area contributed by atoms with Gasteiger partial charge in [-0.05, 0) is 57.2 Å². The maximum absolute atomic E-state index is 13.0. The van der Waals surface area contributed by atoms with Crippen molar-refractivity contribution in [3.8, 4) is 0 Å². The summed E-state index contributed by atoms with van der Waals surface area (Å²) in [6.45, 7) is 6.35. The molecule has 9 heteroatoms. The number of aryl methyl sites for hydroxylation is 1. The molecule has 1 aromatic heterocycles. The second kappa shape index (κ2) is 10.2. The van der Waals surface area contributed by atoms with E-state index < -0.39 is 0 Å². The zero-order valence-electron chi connectivity index (χ0n) is 17.6. The fourth-order valence-corrected chi connectivity index (χ4v) is 3.74. The lowest BCUT2D eigenvalue weighted by atomic mass is 10.1. The van der Waals surface area contributed by atoms with Crippen molar-refractivity contribution in [3.05, 3.63) is 71.3 Å². The van der Waals surface area contributed by atoms with Gasteiger partial charge in [-0.1, -0.05) is 29.5 Å². The lowest BCUT2D eigenvalue weighted by Crippen LogP contribution is -2.28. The largest absolute Gasteiger partial charge is 0.342 e. The Bertz CT molecular complexity index is 1050. The molecule has 0 bridgehead atoms. The molecule has 0 aliphatic carbocycles. The fraction of sp³-hybridized carbons (Fsp3) is 0.273. The monoisotopic (exact) mass is 441 g/mol. The number of nitrogens with zero attached hydrogens (tertiary/aromatic N) is 3. The lowest BCUT2D eigenvalue weighted by molar-refractivity contribution is -0.113. The highest BCUT2D eigenvalue weighted by Gasteiger charge is 2.20. The summed E-state index contributed by atoms with van der Waals surface area (Å²) in [5.74, 6) is -0.0425. The normalized spacial score (nSPS) is 11.7. The summed E-state index contributed by atoms with van der Waals surface area (Å²) < 4.78 is 14.8. The second-order valence-corrected chi connectivity index (χ2v) is 7.93. The Kier molecular flexibility index (Phi) is 7.41. The summed E-state index contributed by atoms with van der Waals surface area (Å²) in [4.78, 5) is 24.7. The van der Waals surface area contributed by atoms with E-state index >= 15 is 0 Å². The Morgan fingerprint density at radius 1 is 1.10 bits per heavy atom. The van der Waals surface area contributed by atoms with E-state index in [0.717, 1.165) is 5.56 Å². The number of amides is 2. The van der Waals surface area contributed by atoms with E-state index in [1.165, 1.54) is 36.0 Å². The molecule has 7 nitrogen and oxygen atoms in total. The number of thioether (sulfide) groups is 1. The van der Waals surface area contributed by atoms with Gasteiger partial charge in [0.1, 0.15) is 5.82 Å². The van der Waals surface area contributed by atoms with Gasteiger partial charge >= 0.3 is 0 Å². The number of benzene rings is 2. The minimum atomic E-state index is -0.362. The van der Waals surface area contributed by atoms with Crippen molar-refractivity contribution in [2.75, 3.05) is 11.1 Å². The molecule has 0 aliphatic rings. The van der Waals surface area contributed by atoms with Gasteiger partial charge in [-0.3, -0.25) is 9.59 Å². The number of hydrogen-bond acceptors (Lipinski definition) is 5. The summed E-state index contributed by atoms with van der Waals surface area (Å²) in [5, 5.41) is 14.6. The van der Waals surface area contributed by atoms with Crippen molar-refractivity contribution in [3.63, 3.8) is 0 Å². The molecule has 162 valence electrons. The van der Waals surface area contributed by atoms with Gasteiger partial charge in [-0.15, -0.1) is 10.2 Å². The van der Waals surface area contributed by atoms with E-state index in [-0.39, 0.29) is 29.4 Å². The van der Waals surface area contributed by atoms with Crippen LogP contribution in [0, 0.1) is 12.7 Å². The zero-order valence-corrected chi connectivity index (χ0v) is 18.4. The molecule has 0 radical (unpaired) electrons. The van der Waals surface area contributed by atoms with Crippen LogP contribution >= 0.6 is 11.8 Å². The van der Waals surface area contributed by atoms with Gasteiger partial charge in [0.05, 0.1) is 11.8 Å². The molecule has 0 aliphatic heterocycles. The smallest absolute Gasteiger partial charge is 0.251 e. The standard InChI is InChI=1S/C22H24FN5O2S/c1-4-28-20(15(3)24-21(30)16-7-5-14(2)6-8-16)26-27-22(28)31-13-19(29)25-18-11-9-17(23)10-12-18/h5-12,15H,4,13H2,1-3H3,(H,24,30)(H,25,29). The van der Waals surface area contributed by atoms with Crippen LogP contribution in [0.2, 0.25) is 0 Å². The average Bonchev–Trinajstić information content (AvgIpc) is 3.17. The minimum absolute atomic E-state index is 0.125. The Morgan fingerprint density at radius 2 is 1.77 bits per heavy atom. The van der Waals surface area contributed by atoms with Crippen LogP contribution in [-0.4, -0.2) is 32.3 Å². The second-order valence-electron chi connectivity index (χ2n) is 6.99. The minimum Gasteiger partial charge on any atom is -0.342 e. The number of aromatic nitrogens is 3. The van der Waals surface area contributed by atoms with Crippen molar-refractivity contribution in [1.82, 2.24) is 20.1 Å². The maximum Gasteiger partial charge on any atom is 0.251 e. The zero-order chi connectivity index (χ0) is 22.4. The molecule has 0 saturated carbocycles. The van der Waals surface area contributed by atoms with Gasteiger partial charge in [-0.25, -0.2) is 4.39 Å². The molecular formula is C22H24FN5O2S. The first-order valence-corrected chi connectivity index (χ1v) is 10.8. The summed E-state index contributed by atoms with van der Waals surface area (Å²) in [7, 11) is 0. The van der Waals surface area contributed by atoms with E-state index in [4.69, 9.17) is 0 Å². The van der Waals surface area contributed by atoms with Crippen LogP contribution in [0.4, 0.5) is 10.1 Å². The van der Waals surface area contributed by atoms with E-state index in [1.54, 1.807) is 12.1 Å². The van der Waals surface area contributed by atoms with E-state index in [1.807, 2.05) is 37.5 Å². The third-order valence-corrected chi connectivity index (χ3v) is 5.54. The molecule has 1 atom stereocenters. The molecule has 0 saturated heterocycles. The van der Waals surface area contributed by atoms with Crippen LogP contribution in [-0.2, 0) is 11.3 Å². The van der Waals surface area contributed by atoms with Crippen LogP contribution in [0.15, 0.2) is 53.7 Å². The van der Waals surface area contributed by atoms with Crippen molar-refractivity contribution < 1.29 is 14.0 Å². The molecule has 1 heterocycles. The number of carbonyl (C=O) groups is 2. The molecule has 2 aromatic carbocycles. The quantitative estimate of drug-likeness (QED) is 0.517. The third-order valence-electron chi connectivity index (χ3n) is 4.57. The van der Waals surface area contributed by atoms with E-state index in [0.29, 0.717) is 28.8 Å². The highest BCUT2D eigenvalue weighted by atomic mass is 32.2. The molecule has 2 N–H and O–H groups in total. The lowest BCUT2D eigenvalue weighted by Gasteiger charge is -2.15. The van der Waals surface area contributed by atoms with Gasteiger partial charge in [0.15, 0.2) is 11.0 Å². The molecule has 3 aromatic rings. The summed E-state index contributed by atoms with van der Waals surface area (Å²) in [6, 6.07) is 12.6. The van der Waals surface area contributed by atoms with E-state index in [2.05, 4.69) is 20.8 Å². The van der Waals surface area contributed by atoms with Crippen LogP contribution in [0.5, 0.6) is 0 Å². The number of nitrogens with one attached hydrogen (secondary N) is 2. The maximum atomic E-state index is 13.0. The number of halogens is 1. The molecule has 1 unspecified atom stereocenters. The van der Waals surface area contributed by atoms with Gasteiger partial charge < -0.3 is 15.2 Å². The molecular weight excluding hydrogens is 417 g/mol. The predicted octanol–water partition coefficient (Wildman–Crippen LogP) is 3.97. The Hall–Kier alpha value is -3.20. The van der Waals surface area contributed by atoms with Crippen LogP contribution in [0.3, 0.4) is 0 Å². The summed E-state index contributed by atoms with van der Waals surface area (Å²) in [5.41, 5.74) is 2.18. The summed E-state index contributed by atoms with van der Waals surface area (Å²) in [6.07, 6.45) is 0. The van der Waals surface area contributed by atoms with Gasteiger partial charge in [0.2, 0.25) is 5.91 Å². The predicted molar refractivity (Wildman–Crippen MR) is 119 cm³/mol. The topological polar surface area (TPSA) is 88.9 Å². The highest BCUT2D eigenvalue weighted by molar-refractivity contribution is 7.99. The molecule has 0 fully saturated rings. The Labute approximate surface area is 184 Å². The van der Waals surface area contributed by atoms with Crippen molar-refractivity contribution >= 4 is 29.3 Å². The first-order valence-electron chi connectivity index (χ1n) is 9.86. The van der Waals surface area contributed by atoms with Crippen LogP contribution in [0.1, 0.15) is 41.6 Å².